The Hall–Kier alpha value is -0.0425. The van der Waals surface area contributed by atoms with Gasteiger partial charge in [-0.05, 0) is 0 Å². The molecule has 0 radical (unpaired) electrons. The lowest BCUT2D eigenvalue weighted by molar-refractivity contribution is -0.135. The molecule has 0 aromatic heterocycles. The summed E-state index contributed by atoms with van der Waals surface area (Å²) in [5.74, 6) is -0.323. The molecule has 0 aliphatic carbocycles. The van der Waals surface area contributed by atoms with Crippen LogP contribution >= 0.6 is 0 Å². The number of hydrogen-bond acceptors (Lipinski definition) is 5. The fourth-order valence-corrected chi connectivity index (χ4v) is 8.66. The van der Waals surface area contributed by atoms with E-state index in [0.717, 1.165) is 10.4 Å². The lowest BCUT2D eigenvalue weighted by Crippen LogP contribution is -2.48. The summed E-state index contributed by atoms with van der Waals surface area (Å²) in [4.78, 5) is 10.7. The zero-order valence-electron chi connectivity index (χ0n) is 8.80. The Bertz CT molecular complexity index is 182. The van der Waals surface area contributed by atoms with E-state index in [0.29, 0.717) is 6.23 Å². The van der Waals surface area contributed by atoms with Crippen LogP contribution in [0.1, 0.15) is 0 Å². The molecule has 0 rings (SSSR count). The molecule has 0 bridgehead atoms. The molecule has 0 aromatic rings. The van der Waals surface area contributed by atoms with Crippen molar-refractivity contribution in [3.8, 4) is 0 Å². The maximum atomic E-state index is 10.7. The Kier molecular flexibility index (Phi) is 9.48. The van der Waals surface area contributed by atoms with Crippen molar-refractivity contribution in [3.63, 3.8) is 0 Å². The lowest BCUT2D eigenvalue weighted by atomic mass is 10.7. The van der Waals surface area contributed by atoms with Gasteiger partial charge in [0.05, 0.1) is 16.6 Å². The molecule has 0 aromatic carbocycles. The van der Waals surface area contributed by atoms with Gasteiger partial charge in [0.15, 0.2) is 19.7 Å². The topological polar surface area (TPSA) is 62.4 Å². The molecular weight excluding hydrogens is 246 g/mol. The van der Waals surface area contributed by atoms with E-state index in [1.807, 2.05) is 0 Å². The van der Waals surface area contributed by atoms with E-state index in [9.17, 15) is 4.79 Å². The normalized spacial score (nSPS) is 14.1. The fraction of sp³-hybridized carbons (Fsp3) is 0.400. The van der Waals surface area contributed by atoms with E-state index in [1.165, 1.54) is 6.08 Å². The monoisotopic (exact) mass is 265 g/mol. The first kappa shape index (κ1) is 14.0. The number of carbonyl (C=O) groups excluding carboxylic acids is 1. The Morgan fingerprint density at radius 1 is 1.71 bits per heavy atom. The van der Waals surface area contributed by atoms with Crippen LogP contribution in [0, 0.1) is 0 Å². The summed E-state index contributed by atoms with van der Waals surface area (Å²) in [6.07, 6.45) is 1.75. The molecule has 1 unspecified atom stereocenters. The highest BCUT2D eigenvalue weighted by atomic mass is 28.4. The zero-order chi connectivity index (χ0) is 10.8. The van der Waals surface area contributed by atoms with Crippen LogP contribution in [0.2, 0.25) is 6.55 Å². The maximum Gasteiger partial charge on any atom is 0.329 e. The predicted octanol–water partition coefficient (Wildman–Crippen LogP) is -4.34. The van der Waals surface area contributed by atoms with Crippen LogP contribution in [-0.4, -0.2) is 51.2 Å². The zero-order valence-corrected chi connectivity index (χ0v) is 14.8. The van der Waals surface area contributed by atoms with Gasteiger partial charge in [-0.25, -0.2) is 4.79 Å². The largest absolute Gasteiger partial charge is 0.465 e. The minimum Gasteiger partial charge on any atom is -0.465 e. The van der Waals surface area contributed by atoms with Crippen LogP contribution in [0.5, 0.6) is 0 Å². The van der Waals surface area contributed by atoms with Crippen molar-refractivity contribution in [1.82, 2.24) is 13.9 Å². The van der Waals surface area contributed by atoms with Crippen LogP contribution in [0.3, 0.4) is 0 Å². The first-order chi connectivity index (χ1) is 6.70. The van der Waals surface area contributed by atoms with Crippen molar-refractivity contribution >= 4 is 45.0 Å². The average Bonchev–Trinajstić information content (AvgIpc) is 2.21. The Morgan fingerprint density at radius 2 is 2.43 bits per heavy atom. The van der Waals surface area contributed by atoms with E-state index in [1.54, 1.807) is 0 Å². The molecule has 14 heavy (non-hydrogen) atoms. The summed E-state index contributed by atoms with van der Waals surface area (Å²) >= 11 is 0. The van der Waals surface area contributed by atoms with Crippen LogP contribution in [0.4, 0.5) is 0 Å². The van der Waals surface area contributed by atoms with E-state index in [4.69, 9.17) is 4.74 Å². The summed E-state index contributed by atoms with van der Waals surface area (Å²) in [5, 5.41) is 0. The molecule has 82 valence electrons. The summed E-state index contributed by atoms with van der Waals surface area (Å²) in [6.45, 7) is 5.48. The van der Waals surface area contributed by atoms with Gasteiger partial charge < -0.3 is 18.7 Å². The molecule has 0 amide bonds. The number of ether oxygens (including phenoxy) is 1. The van der Waals surface area contributed by atoms with Crippen molar-refractivity contribution in [2.45, 2.75) is 6.55 Å². The van der Waals surface area contributed by atoms with E-state index >= 15 is 0 Å². The second-order valence-electron chi connectivity index (χ2n) is 2.90. The highest BCUT2D eigenvalue weighted by Gasteiger charge is 2.05. The molecule has 5 nitrogen and oxygen atoms in total. The number of nitrogens with one attached hydrogen (secondary N) is 3. The van der Waals surface area contributed by atoms with Crippen LogP contribution < -0.4 is 13.9 Å². The van der Waals surface area contributed by atoms with Gasteiger partial charge in [-0.2, -0.15) is 0 Å². The second kappa shape index (κ2) is 9.51. The minimum absolute atomic E-state index is 0.196. The summed E-state index contributed by atoms with van der Waals surface area (Å²) in [7, 11) is -0.503. The lowest BCUT2D eigenvalue weighted by Gasteiger charge is -2.11. The quantitative estimate of drug-likeness (QED) is 0.179. The first-order valence-corrected chi connectivity index (χ1v) is 11.0. The van der Waals surface area contributed by atoms with Crippen molar-refractivity contribution in [3.05, 3.63) is 12.7 Å². The Balaban J connectivity index is 3.31. The number of hydrogen-bond donors (Lipinski definition) is 3. The Morgan fingerprint density at radius 3 is 3.00 bits per heavy atom. The highest BCUT2D eigenvalue weighted by molar-refractivity contribution is 6.66. The van der Waals surface area contributed by atoms with E-state index in [2.05, 4.69) is 27.1 Å². The third-order valence-electron chi connectivity index (χ3n) is 1.52. The average molecular weight is 266 g/mol. The Labute approximate surface area is 94.2 Å². The van der Waals surface area contributed by atoms with Crippen molar-refractivity contribution in [2.24, 2.45) is 0 Å². The molecule has 0 saturated heterocycles. The van der Waals surface area contributed by atoms with Gasteiger partial charge in [0, 0.05) is 6.08 Å². The molecule has 0 aliphatic rings. The second-order valence-corrected chi connectivity index (χ2v) is 12.2. The molecule has 3 N–H and O–H groups in total. The van der Waals surface area contributed by atoms with Crippen molar-refractivity contribution < 1.29 is 9.53 Å². The molecule has 0 spiro atoms. The molecule has 0 saturated carbocycles. The SMILES string of the molecule is C=CC(=O)OC[SiH](C)N[SiH2]N[SiH2]N[SiH3]. The van der Waals surface area contributed by atoms with E-state index in [-0.39, 0.29) is 25.7 Å². The summed E-state index contributed by atoms with van der Waals surface area (Å²) < 4.78 is 15.1. The fourth-order valence-electron chi connectivity index (χ4n) is 0.759. The van der Waals surface area contributed by atoms with Gasteiger partial charge in [0.25, 0.3) is 0 Å². The highest BCUT2D eigenvalue weighted by Crippen LogP contribution is 1.81. The van der Waals surface area contributed by atoms with Gasteiger partial charge in [0.2, 0.25) is 0 Å². The summed E-state index contributed by atoms with van der Waals surface area (Å²) in [5.41, 5.74) is 0. The standard InChI is InChI=1S/C5H19N3O2Si4/c1-3-5(9)10-4-14(2)8-13-7-12-6-11/h3,6-8,14H,1,4,12-13H2,2,11H3. The smallest absolute Gasteiger partial charge is 0.329 e. The third-order valence-corrected chi connectivity index (χ3v) is 9.20. The van der Waals surface area contributed by atoms with Gasteiger partial charge in [-0.3, -0.25) is 0 Å². The van der Waals surface area contributed by atoms with Crippen LogP contribution in [0.15, 0.2) is 12.7 Å². The molecule has 1 atom stereocenters. The van der Waals surface area contributed by atoms with Crippen molar-refractivity contribution in [2.75, 3.05) is 6.23 Å². The predicted molar refractivity (Wildman–Crippen MR) is 70.6 cm³/mol. The number of carbonyl (C=O) groups is 1. The van der Waals surface area contributed by atoms with Gasteiger partial charge in [-0.15, -0.1) is 0 Å². The van der Waals surface area contributed by atoms with E-state index < -0.39 is 8.96 Å². The molecule has 0 aliphatic heterocycles. The summed E-state index contributed by atoms with van der Waals surface area (Å²) in [6, 6.07) is 0. The van der Waals surface area contributed by atoms with Crippen LogP contribution in [0.25, 0.3) is 0 Å². The number of rotatable bonds is 8. The molecule has 0 heterocycles. The minimum atomic E-state index is -1.05. The van der Waals surface area contributed by atoms with Crippen molar-refractivity contribution in [1.29, 1.82) is 0 Å². The van der Waals surface area contributed by atoms with Crippen LogP contribution in [-0.2, 0) is 9.53 Å². The molecule has 9 heteroatoms. The van der Waals surface area contributed by atoms with Gasteiger partial charge in [0.1, 0.15) is 8.96 Å². The van der Waals surface area contributed by atoms with Gasteiger partial charge >= 0.3 is 5.97 Å². The third kappa shape index (κ3) is 8.55. The van der Waals surface area contributed by atoms with Gasteiger partial charge in [-0.1, -0.05) is 13.1 Å². The maximum absolute atomic E-state index is 10.7. The first-order valence-electron chi connectivity index (χ1n) is 4.58. The number of esters is 1. The molecular formula is C5H19N3O2Si4. The molecule has 0 fully saturated rings.